The predicted octanol–water partition coefficient (Wildman–Crippen LogP) is 4.13. The Kier molecular flexibility index (Phi) is 2.68. The van der Waals surface area contributed by atoms with E-state index in [2.05, 4.69) is 16.2 Å². The molecule has 2 bridgehead atoms. The SMILES string of the molecule is Cc1noc2c1-c1ccnc3c1C(=NC2)c1ccc(Cl)c(c1)N3C. The number of pyridine rings is 1. The number of benzene rings is 1. The number of aliphatic imine (C=N–C) groups is 1. The molecule has 118 valence electrons. The second-order valence-electron chi connectivity index (χ2n) is 6.01. The minimum atomic E-state index is 0.460. The van der Waals surface area contributed by atoms with Crippen LogP contribution in [0.25, 0.3) is 11.1 Å². The molecular weight excluding hydrogens is 324 g/mol. The average Bonchev–Trinajstić information content (AvgIpc) is 2.82. The molecule has 0 saturated heterocycles. The zero-order chi connectivity index (χ0) is 16.4. The van der Waals surface area contributed by atoms with Crippen LogP contribution in [-0.4, -0.2) is 22.9 Å². The summed E-state index contributed by atoms with van der Waals surface area (Å²) >= 11 is 6.40. The van der Waals surface area contributed by atoms with Crippen LogP contribution in [0.15, 0.2) is 40.0 Å². The summed E-state index contributed by atoms with van der Waals surface area (Å²) in [5, 5.41) is 4.82. The van der Waals surface area contributed by atoms with E-state index < -0.39 is 0 Å². The van der Waals surface area contributed by atoms with E-state index in [1.54, 1.807) is 0 Å². The lowest BCUT2D eigenvalue weighted by Gasteiger charge is -2.20. The Hall–Kier alpha value is -2.66. The Bertz CT molecular complexity index is 1040. The lowest BCUT2D eigenvalue weighted by atomic mass is 9.95. The van der Waals surface area contributed by atoms with E-state index in [1.165, 1.54) is 0 Å². The fourth-order valence-corrected chi connectivity index (χ4v) is 3.76. The van der Waals surface area contributed by atoms with Gasteiger partial charge >= 0.3 is 0 Å². The topological polar surface area (TPSA) is 54.5 Å². The number of aromatic nitrogens is 2. The third-order valence-corrected chi connectivity index (χ3v) is 4.97. The molecular formula is C18H13ClN4O. The van der Waals surface area contributed by atoms with Crippen LogP contribution in [0.5, 0.6) is 0 Å². The van der Waals surface area contributed by atoms with Crippen molar-refractivity contribution in [3.8, 4) is 11.1 Å². The summed E-state index contributed by atoms with van der Waals surface area (Å²) in [6.45, 7) is 2.42. The third kappa shape index (κ3) is 1.67. The van der Waals surface area contributed by atoms with Crippen LogP contribution in [0.1, 0.15) is 22.6 Å². The molecule has 0 unspecified atom stereocenters. The van der Waals surface area contributed by atoms with Gasteiger partial charge in [-0.25, -0.2) is 4.98 Å². The number of rotatable bonds is 0. The number of hydrogen-bond donors (Lipinski definition) is 0. The zero-order valence-electron chi connectivity index (χ0n) is 13.2. The van der Waals surface area contributed by atoms with Crippen LogP contribution in [0.4, 0.5) is 11.5 Å². The van der Waals surface area contributed by atoms with E-state index in [-0.39, 0.29) is 0 Å². The Morgan fingerprint density at radius 1 is 1.21 bits per heavy atom. The number of fused-ring (bicyclic) bond motifs is 5. The smallest absolute Gasteiger partial charge is 0.166 e. The molecule has 4 heterocycles. The predicted molar refractivity (Wildman–Crippen MR) is 93.3 cm³/mol. The van der Waals surface area contributed by atoms with Crippen LogP contribution >= 0.6 is 11.6 Å². The molecule has 5 nitrogen and oxygen atoms in total. The Morgan fingerprint density at radius 3 is 2.96 bits per heavy atom. The summed E-state index contributed by atoms with van der Waals surface area (Å²) in [6, 6.07) is 7.98. The highest BCUT2D eigenvalue weighted by Crippen LogP contribution is 2.43. The molecule has 0 saturated carbocycles. The van der Waals surface area contributed by atoms with E-state index in [1.807, 2.05) is 43.3 Å². The Morgan fingerprint density at radius 2 is 2.08 bits per heavy atom. The summed E-state index contributed by atoms with van der Waals surface area (Å²) in [5.41, 5.74) is 6.81. The standard InChI is InChI=1S/C18H13ClN4O/c1-9-15-11-5-6-20-18-16(11)17(21-8-14(15)24-22-9)10-3-4-12(19)13(7-10)23(18)2/h3-7H,8H2,1-2H3. The highest BCUT2D eigenvalue weighted by Gasteiger charge is 2.30. The van der Waals surface area contributed by atoms with E-state index in [9.17, 15) is 0 Å². The fraction of sp³-hybridized carbons (Fsp3) is 0.167. The van der Waals surface area contributed by atoms with Gasteiger partial charge in [-0.2, -0.15) is 0 Å². The van der Waals surface area contributed by atoms with Gasteiger partial charge < -0.3 is 9.42 Å². The van der Waals surface area contributed by atoms with Gasteiger partial charge in [0.2, 0.25) is 0 Å². The number of anilines is 2. The van der Waals surface area contributed by atoms with Gasteiger partial charge in [-0.05, 0) is 25.1 Å². The first kappa shape index (κ1) is 13.7. The number of hydrogen-bond acceptors (Lipinski definition) is 5. The number of nitrogens with zero attached hydrogens (tertiary/aromatic N) is 4. The molecule has 2 aliphatic rings. The van der Waals surface area contributed by atoms with E-state index in [0.29, 0.717) is 11.6 Å². The molecule has 0 fully saturated rings. The van der Waals surface area contributed by atoms with Crippen molar-refractivity contribution in [2.45, 2.75) is 13.5 Å². The van der Waals surface area contributed by atoms with Gasteiger partial charge in [0.05, 0.1) is 33.2 Å². The molecule has 2 aliphatic heterocycles. The van der Waals surface area contributed by atoms with Gasteiger partial charge in [0.1, 0.15) is 12.4 Å². The lowest BCUT2D eigenvalue weighted by molar-refractivity contribution is 0.382. The molecule has 3 aromatic rings. The molecule has 5 rings (SSSR count). The Balaban J connectivity index is 1.93. The highest BCUT2D eigenvalue weighted by molar-refractivity contribution is 6.34. The van der Waals surface area contributed by atoms with Crippen molar-refractivity contribution in [1.82, 2.24) is 10.1 Å². The summed E-state index contributed by atoms with van der Waals surface area (Å²) in [7, 11) is 1.98. The molecule has 0 atom stereocenters. The van der Waals surface area contributed by atoms with Crippen molar-refractivity contribution in [1.29, 1.82) is 0 Å². The first-order valence-corrected chi connectivity index (χ1v) is 8.06. The summed E-state index contributed by atoms with van der Waals surface area (Å²) in [4.78, 5) is 11.5. The van der Waals surface area contributed by atoms with Gasteiger partial charge in [0, 0.05) is 24.4 Å². The monoisotopic (exact) mass is 336 g/mol. The van der Waals surface area contributed by atoms with E-state index in [0.717, 1.165) is 50.9 Å². The van der Waals surface area contributed by atoms with Crippen LogP contribution < -0.4 is 4.90 Å². The average molecular weight is 337 g/mol. The normalized spacial score (nSPS) is 14.5. The maximum Gasteiger partial charge on any atom is 0.166 e. The van der Waals surface area contributed by atoms with Crippen LogP contribution in [0.3, 0.4) is 0 Å². The third-order valence-electron chi connectivity index (χ3n) is 4.65. The molecule has 0 spiro atoms. The van der Waals surface area contributed by atoms with Gasteiger partial charge in [0.25, 0.3) is 0 Å². The fourth-order valence-electron chi connectivity index (χ4n) is 3.51. The first-order valence-electron chi connectivity index (χ1n) is 7.68. The zero-order valence-corrected chi connectivity index (χ0v) is 13.9. The highest BCUT2D eigenvalue weighted by atomic mass is 35.5. The molecule has 6 heteroatoms. The van der Waals surface area contributed by atoms with E-state index >= 15 is 0 Å². The molecule has 0 amide bonds. The van der Waals surface area contributed by atoms with Crippen molar-refractivity contribution in [3.05, 3.63) is 58.1 Å². The molecule has 0 radical (unpaired) electrons. The lowest BCUT2D eigenvalue weighted by Crippen LogP contribution is -2.14. The molecule has 0 aliphatic carbocycles. The van der Waals surface area contributed by atoms with Crippen LogP contribution in [0, 0.1) is 6.92 Å². The summed E-state index contributed by atoms with van der Waals surface area (Å²) < 4.78 is 5.50. The van der Waals surface area contributed by atoms with Gasteiger partial charge in [0.15, 0.2) is 5.76 Å². The minimum Gasteiger partial charge on any atom is -0.358 e. The van der Waals surface area contributed by atoms with Crippen molar-refractivity contribution in [2.75, 3.05) is 11.9 Å². The second-order valence-corrected chi connectivity index (χ2v) is 6.42. The Labute approximate surface area is 143 Å². The molecule has 24 heavy (non-hydrogen) atoms. The van der Waals surface area contributed by atoms with Crippen molar-refractivity contribution in [3.63, 3.8) is 0 Å². The maximum absolute atomic E-state index is 6.40. The quantitative estimate of drug-likeness (QED) is 0.619. The van der Waals surface area contributed by atoms with Crippen LogP contribution in [-0.2, 0) is 6.54 Å². The minimum absolute atomic E-state index is 0.460. The summed E-state index contributed by atoms with van der Waals surface area (Å²) in [6.07, 6.45) is 1.81. The first-order chi connectivity index (χ1) is 11.6. The van der Waals surface area contributed by atoms with Crippen molar-refractivity contribution in [2.24, 2.45) is 4.99 Å². The summed E-state index contributed by atoms with van der Waals surface area (Å²) in [5.74, 6) is 1.63. The second kappa shape index (κ2) is 4.68. The van der Waals surface area contributed by atoms with Gasteiger partial charge in [-0.1, -0.05) is 22.8 Å². The van der Waals surface area contributed by atoms with Gasteiger partial charge in [-0.15, -0.1) is 0 Å². The van der Waals surface area contributed by atoms with Crippen molar-refractivity contribution >= 4 is 28.8 Å². The number of aryl methyl sites for hydroxylation is 1. The van der Waals surface area contributed by atoms with E-state index in [4.69, 9.17) is 21.1 Å². The maximum atomic E-state index is 6.40. The van der Waals surface area contributed by atoms with Crippen LogP contribution in [0.2, 0.25) is 5.02 Å². The molecule has 2 aromatic heterocycles. The molecule has 0 N–H and O–H groups in total. The van der Waals surface area contributed by atoms with Crippen molar-refractivity contribution < 1.29 is 4.52 Å². The van der Waals surface area contributed by atoms with Gasteiger partial charge in [-0.3, -0.25) is 4.99 Å². The largest absolute Gasteiger partial charge is 0.358 e. The molecule has 1 aromatic carbocycles. The number of halogens is 1.